The number of phosphoric acid groups is 1. The van der Waals surface area contributed by atoms with Crippen molar-refractivity contribution >= 4 is 13.8 Å². The number of quaternary nitrogens is 1. The van der Waals surface area contributed by atoms with E-state index in [9.17, 15) is 14.3 Å². The number of nitrogens with zero attached hydrogens (tertiary/aromatic N) is 1. The number of hydrogen-bond acceptors (Lipinski definition) is 7. The van der Waals surface area contributed by atoms with Gasteiger partial charge in [0.1, 0.15) is 19.3 Å². The van der Waals surface area contributed by atoms with Crippen molar-refractivity contribution in [2.24, 2.45) is 0 Å². The molecular weight excluding hydrogens is 806 g/mol. The second-order valence-electron chi connectivity index (χ2n) is 20.3. The lowest BCUT2D eigenvalue weighted by molar-refractivity contribution is -0.870. The molecule has 0 aliphatic heterocycles. The van der Waals surface area contributed by atoms with Crippen molar-refractivity contribution in [3.8, 4) is 0 Å². The fourth-order valence-electron chi connectivity index (χ4n) is 8.37. The number of carbonyl (C=O) groups is 1. The molecule has 0 aromatic rings. The van der Waals surface area contributed by atoms with Crippen molar-refractivity contribution in [3.63, 3.8) is 0 Å². The van der Waals surface area contributed by atoms with Gasteiger partial charge in [-0.3, -0.25) is 9.36 Å². The Balaban J connectivity index is 4.04. The average molecular weight is 916 g/mol. The van der Waals surface area contributed by atoms with E-state index < -0.39 is 13.9 Å². The molecule has 0 aliphatic carbocycles. The van der Waals surface area contributed by atoms with Crippen LogP contribution >= 0.6 is 7.82 Å². The van der Waals surface area contributed by atoms with Crippen molar-refractivity contribution in [3.05, 3.63) is 0 Å². The molecule has 0 bridgehead atoms. The molecule has 0 fully saturated rings. The van der Waals surface area contributed by atoms with Crippen LogP contribution in [0.3, 0.4) is 0 Å². The average Bonchev–Trinajstić information content (AvgIpc) is 3.24. The molecule has 0 rings (SSSR count). The van der Waals surface area contributed by atoms with E-state index in [0.717, 1.165) is 32.1 Å². The highest BCUT2D eigenvalue weighted by Gasteiger charge is 2.20. The molecular formula is C54H110NO7P. The van der Waals surface area contributed by atoms with Crippen molar-refractivity contribution in [2.45, 2.75) is 290 Å². The Bertz CT molecular complexity index is 976. The van der Waals surface area contributed by atoms with Crippen LogP contribution in [0, 0.1) is 0 Å². The summed E-state index contributed by atoms with van der Waals surface area (Å²) >= 11 is 0. The molecule has 0 saturated heterocycles. The van der Waals surface area contributed by atoms with Crippen molar-refractivity contribution in [1.29, 1.82) is 0 Å². The number of phosphoric ester groups is 1. The number of likely N-dealkylation sites (N-methyl/N-ethyl adjacent to an activating group) is 1. The smallest absolute Gasteiger partial charge is 0.306 e. The Morgan fingerprint density at radius 1 is 0.429 bits per heavy atom. The maximum atomic E-state index is 12.8. The van der Waals surface area contributed by atoms with Crippen LogP contribution in [0.1, 0.15) is 284 Å². The van der Waals surface area contributed by atoms with Gasteiger partial charge in [-0.25, -0.2) is 0 Å². The van der Waals surface area contributed by atoms with Gasteiger partial charge >= 0.3 is 5.97 Å². The zero-order valence-electron chi connectivity index (χ0n) is 43.1. The summed E-state index contributed by atoms with van der Waals surface area (Å²) in [5.41, 5.74) is 0. The number of rotatable bonds is 53. The number of hydrogen-bond donors (Lipinski definition) is 0. The van der Waals surface area contributed by atoms with Crippen molar-refractivity contribution in [1.82, 2.24) is 0 Å². The fraction of sp³-hybridized carbons (Fsp3) is 0.981. The summed E-state index contributed by atoms with van der Waals surface area (Å²) in [5.74, 6) is -0.324. The summed E-state index contributed by atoms with van der Waals surface area (Å²) in [6.07, 6.45) is 54.2. The Hall–Kier alpha value is -0.500. The van der Waals surface area contributed by atoms with Gasteiger partial charge in [0.15, 0.2) is 0 Å². The minimum absolute atomic E-state index is 0.0319. The molecule has 8 nitrogen and oxygen atoms in total. The molecule has 0 radical (unpaired) electrons. The third kappa shape index (κ3) is 52.3. The predicted molar refractivity (Wildman–Crippen MR) is 268 cm³/mol. The van der Waals surface area contributed by atoms with E-state index in [1.54, 1.807) is 0 Å². The third-order valence-electron chi connectivity index (χ3n) is 12.7. The maximum Gasteiger partial charge on any atom is 0.306 e. The number of carbonyl (C=O) groups excluding carboxylic acids is 1. The van der Waals surface area contributed by atoms with Crippen LogP contribution in [-0.4, -0.2) is 70.7 Å². The minimum Gasteiger partial charge on any atom is -0.756 e. The molecule has 0 heterocycles. The monoisotopic (exact) mass is 916 g/mol. The van der Waals surface area contributed by atoms with Gasteiger partial charge in [0, 0.05) is 13.0 Å². The summed E-state index contributed by atoms with van der Waals surface area (Å²) in [4.78, 5) is 25.2. The van der Waals surface area contributed by atoms with E-state index in [0.29, 0.717) is 24.1 Å². The fourth-order valence-corrected chi connectivity index (χ4v) is 9.10. The maximum absolute atomic E-state index is 12.8. The predicted octanol–water partition coefficient (Wildman–Crippen LogP) is 16.5. The summed E-state index contributed by atoms with van der Waals surface area (Å²) in [6, 6.07) is 0. The first-order valence-corrected chi connectivity index (χ1v) is 29.2. The summed E-state index contributed by atoms with van der Waals surface area (Å²) in [5, 5.41) is 0. The molecule has 0 N–H and O–H groups in total. The molecule has 0 aromatic heterocycles. The van der Waals surface area contributed by atoms with E-state index in [4.69, 9.17) is 18.5 Å². The SMILES string of the molecule is CCCCCCCCCCCCCCCCCCCCCCCOCC(COP(=O)([O-])OCC[N+](C)(C)C)OC(=O)CCCCCCCCCCCCCCCCCCCCCC. The van der Waals surface area contributed by atoms with Gasteiger partial charge in [0.25, 0.3) is 7.82 Å². The summed E-state index contributed by atoms with van der Waals surface area (Å²) in [7, 11) is 1.38. The standard InChI is InChI=1S/C54H110NO7P/c1-6-8-10-12-14-16-18-20-22-24-26-28-30-32-34-36-38-40-42-44-46-49-59-51-53(52-61-63(57,58)60-50-48-55(3,4)5)62-54(56)47-45-43-41-39-37-35-33-31-29-27-25-23-21-19-17-15-13-11-9-7-2/h53H,6-52H2,1-5H3. The lowest BCUT2D eigenvalue weighted by Crippen LogP contribution is -2.37. The van der Waals surface area contributed by atoms with Crippen molar-refractivity contribution in [2.75, 3.05) is 54.1 Å². The van der Waals surface area contributed by atoms with Gasteiger partial charge in [-0.1, -0.05) is 264 Å². The first-order valence-electron chi connectivity index (χ1n) is 27.8. The largest absolute Gasteiger partial charge is 0.756 e. The lowest BCUT2D eigenvalue weighted by atomic mass is 10.0. The number of ether oxygens (including phenoxy) is 2. The molecule has 0 spiro atoms. The topological polar surface area (TPSA) is 94.1 Å². The highest BCUT2D eigenvalue weighted by molar-refractivity contribution is 7.45. The zero-order valence-corrected chi connectivity index (χ0v) is 44.0. The molecule has 2 unspecified atom stereocenters. The van der Waals surface area contributed by atoms with Crippen LogP contribution in [0.15, 0.2) is 0 Å². The minimum atomic E-state index is -4.52. The molecule has 9 heteroatoms. The van der Waals surface area contributed by atoms with E-state index in [1.165, 1.54) is 231 Å². The van der Waals surface area contributed by atoms with Gasteiger partial charge in [-0.05, 0) is 12.8 Å². The van der Waals surface area contributed by atoms with E-state index in [2.05, 4.69) is 13.8 Å². The van der Waals surface area contributed by atoms with Gasteiger partial charge in [0.05, 0.1) is 34.4 Å². The Morgan fingerprint density at radius 2 is 0.730 bits per heavy atom. The first-order chi connectivity index (χ1) is 30.6. The lowest BCUT2D eigenvalue weighted by Gasteiger charge is -2.28. The Kier molecular flexibility index (Phi) is 47.6. The Morgan fingerprint density at radius 3 is 1.05 bits per heavy atom. The normalized spacial score (nSPS) is 13.4. The third-order valence-corrected chi connectivity index (χ3v) is 13.6. The van der Waals surface area contributed by atoms with Crippen LogP contribution in [0.4, 0.5) is 0 Å². The first kappa shape index (κ1) is 62.5. The molecule has 63 heavy (non-hydrogen) atoms. The van der Waals surface area contributed by atoms with Crippen LogP contribution in [-0.2, 0) is 27.9 Å². The Labute approximate surface area is 393 Å². The second kappa shape index (κ2) is 48.0. The van der Waals surface area contributed by atoms with E-state index >= 15 is 0 Å². The van der Waals surface area contributed by atoms with Crippen LogP contribution in [0.5, 0.6) is 0 Å². The van der Waals surface area contributed by atoms with Gasteiger partial charge in [0.2, 0.25) is 0 Å². The van der Waals surface area contributed by atoms with Gasteiger partial charge < -0.3 is 27.9 Å². The molecule has 0 amide bonds. The van der Waals surface area contributed by atoms with Gasteiger partial charge in [-0.2, -0.15) is 0 Å². The number of esters is 1. The van der Waals surface area contributed by atoms with E-state index in [1.807, 2.05) is 21.1 Å². The molecule has 2 atom stereocenters. The zero-order chi connectivity index (χ0) is 46.2. The van der Waals surface area contributed by atoms with Crippen LogP contribution in [0.25, 0.3) is 0 Å². The molecule has 0 aromatic carbocycles. The van der Waals surface area contributed by atoms with Gasteiger partial charge in [-0.15, -0.1) is 0 Å². The van der Waals surface area contributed by atoms with E-state index in [-0.39, 0.29) is 25.8 Å². The molecule has 0 aliphatic rings. The van der Waals surface area contributed by atoms with Crippen LogP contribution in [0.2, 0.25) is 0 Å². The molecule has 0 saturated carbocycles. The van der Waals surface area contributed by atoms with Crippen molar-refractivity contribution < 1.29 is 37.3 Å². The number of unbranched alkanes of at least 4 members (excludes halogenated alkanes) is 39. The summed E-state index contributed by atoms with van der Waals surface area (Å²) in [6.45, 7) is 5.51. The summed E-state index contributed by atoms with van der Waals surface area (Å²) < 4.78 is 34.8. The quantitative estimate of drug-likeness (QED) is 0.0260. The highest BCUT2D eigenvalue weighted by Crippen LogP contribution is 2.38. The second-order valence-corrected chi connectivity index (χ2v) is 21.7. The van der Waals surface area contributed by atoms with Crippen LogP contribution < -0.4 is 4.89 Å². The highest BCUT2D eigenvalue weighted by atomic mass is 31.2. The molecule has 378 valence electrons.